The van der Waals surface area contributed by atoms with Gasteiger partial charge in [0, 0.05) is 45.4 Å². The molecule has 36 heavy (non-hydrogen) atoms. The molecule has 1 aromatic carbocycles. The summed E-state index contributed by atoms with van der Waals surface area (Å²) in [4.78, 5) is 20.8. The number of hydrogen-bond donors (Lipinski definition) is 1. The number of benzene rings is 1. The number of anilines is 1. The first kappa shape index (κ1) is 24.4. The molecule has 1 aliphatic rings. The van der Waals surface area contributed by atoms with Crippen LogP contribution in [0.3, 0.4) is 0 Å². The van der Waals surface area contributed by atoms with Gasteiger partial charge in [0.05, 0.1) is 17.6 Å². The van der Waals surface area contributed by atoms with Gasteiger partial charge < -0.3 is 14.6 Å². The summed E-state index contributed by atoms with van der Waals surface area (Å²) >= 11 is 0. The third kappa shape index (κ3) is 4.98. The molecule has 0 saturated carbocycles. The molecule has 188 valence electrons. The van der Waals surface area contributed by atoms with E-state index >= 15 is 0 Å². The number of piperidine rings is 1. The summed E-state index contributed by atoms with van der Waals surface area (Å²) in [6.45, 7) is 10.3. The standard InChI is InChI=1S/C29H36N6O/c1-20-6-7-23(28(2,3)4)16-22(20)17-24-25-26(31-19-34(25)5)33-27(32-24)35-14-10-29(36,11-15-35)18-21-8-12-30-13-9-21/h6-9,12-13,16,19,36H,10-11,14-15,17-18H2,1-5H3. The Hall–Kier alpha value is -3.32. The van der Waals surface area contributed by atoms with Gasteiger partial charge in [-0.25, -0.2) is 9.97 Å². The second kappa shape index (κ2) is 9.28. The van der Waals surface area contributed by atoms with E-state index in [1.54, 1.807) is 12.4 Å². The summed E-state index contributed by atoms with van der Waals surface area (Å²) in [5, 5.41) is 11.2. The molecule has 7 heteroatoms. The molecule has 3 aromatic heterocycles. The molecule has 1 N–H and O–H groups in total. The Balaban J connectivity index is 1.42. The van der Waals surface area contributed by atoms with Crippen molar-refractivity contribution in [2.45, 2.75) is 64.4 Å². The minimum atomic E-state index is -0.722. The van der Waals surface area contributed by atoms with Crippen LogP contribution in [0.5, 0.6) is 0 Å². The van der Waals surface area contributed by atoms with E-state index in [0.29, 0.717) is 38.3 Å². The first-order valence-electron chi connectivity index (χ1n) is 12.8. The van der Waals surface area contributed by atoms with Gasteiger partial charge in [0.15, 0.2) is 5.65 Å². The number of aryl methyl sites for hydroxylation is 2. The van der Waals surface area contributed by atoms with Gasteiger partial charge in [0.1, 0.15) is 5.52 Å². The van der Waals surface area contributed by atoms with Gasteiger partial charge in [-0.2, -0.15) is 4.98 Å². The fourth-order valence-corrected chi connectivity index (χ4v) is 5.08. The average Bonchev–Trinajstić information content (AvgIpc) is 3.21. The van der Waals surface area contributed by atoms with E-state index < -0.39 is 5.60 Å². The first-order chi connectivity index (χ1) is 17.1. The Labute approximate surface area is 213 Å². The highest BCUT2D eigenvalue weighted by atomic mass is 16.3. The van der Waals surface area contributed by atoms with E-state index in [4.69, 9.17) is 9.97 Å². The number of imidazole rings is 1. The highest BCUT2D eigenvalue weighted by molar-refractivity contribution is 5.75. The summed E-state index contributed by atoms with van der Waals surface area (Å²) in [5.74, 6) is 0.701. The monoisotopic (exact) mass is 484 g/mol. The van der Waals surface area contributed by atoms with Crippen molar-refractivity contribution in [3.63, 3.8) is 0 Å². The van der Waals surface area contributed by atoms with Crippen molar-refractivity contribution in [1.29, 1.82) is 0 Å². The van der Waals surface area contributed by atoms with Crippen LogP contribution in [0.15, 0.2) is 49.1 Å². The van der Waals surface area contributed by atoms with Gasteiger partial charge in [-0.15, -0.1) is 0 Å². The fourth-order valence-electron chi connectivity index (χ4n) is 5.08. The second-order valence-corrected chi connectivity index (χ2v) is 11.3. The zero-order valence-electron chi connectivity index (χ0n) is 22.0. The predicted molar refractivity (Wildman–Crippen MR) is 143 cm³/mol. The molecular formula is C29H36N6O. The Bertz CT molecular complexity index is 1360. The van der Waals surface area contributed by atoms with Crippen molar-refractivity contribution in [3.8, 4) is 0 Å². The van der Waals surface area contributed by atoms with Crippen LogP contribution in [0, 0.1) is 6.92 Å². The molecule has 5 rings (SSSR count). The number of nitrogens with zero attached hydrogens (tertiary/aromatic N) is 6. The number of hydrogen-bond acceptors (Lipinski definition) is 6. The Morgan fingerprint density at radius 1 is 1.03 bits per heavy atom. The summed E-state index contributed by atoms with van der Waals surface area (Å²) in [7, 11) is 2.00. The molecular weight excluding hydrogens is 448 g/mol. The third-order valence-electron chi connectivity index (χ3n) is 7.46. The molecule has 0 bridgehead atoms. The van der Waals surface area contributed by atoms with Gasteiger partial charge in [-0.05, 0) is 59.6 Å². The minimum absolute atomic E-state index is 0.0853. The minimum Gasteiger partial charge on any atom is -0.389 e. The summed E-state index contributed by atoms with van der Waals surface area (Å²) < 4.78 is 2.01. The van der Waals surface area contributed by atoms with E-state index in [1.165, 1.54) is 16.7 Å². The molecule has 0 unspecified atom stereocenters. The quantitative estimate of drug-likeness (QED) is 0.448. The molecule has 0 spiro atoms. The van der Waals surface area contributed by atoms with Gasteiger partial charge in [0.2, 0.25) is 5.95 Å². The number of aromatic nitrogens is 5. The number of rotatable bonds is 5. The molecule has 1 fully saturated rings. The van der Waals surface area contributed by atoms with E-state index in [2.05, 4.69) is 60.8 Å². The molecule has 1 saturated heterocycles. The second-order valence-electron chi connectivity index (χ2n) is 11.3. The van der Waals surface area contributed by atoms with Crippen LogP contribution in [-0.2, 0) is 25.3 Å². The lowest BCUT2D eigenvalue weighted by Crippen LogP contribution is -2.46. The lowest BCUT2D eigenvalue weighted by molar-refractivity contribution is 0.0163. The maximum absolute atomic E-state index is 11.2. The Morgan fingerprint density at radius 2 is 1.75 bits per heavy atom. The summed E-state index contributed by atoms with van der Waals surface area (Å²) in [6, 6.07) is 10.7. The molecule has 0 aliphatic carbocycles. The van der Waals surface area contributed by atoms with Crippen LogP contribution in [0.2, 0.25) is 0 Å². The fraction of sp³-hybridized carbons (Fsp3) is 0.448. The van der Waals surface area contributed by atoms with Crippen molar-refractivity contribution in [2.24, 2.45) is 7.05 Å². The Morgan fingerprint density at radius 3 is 2.44 bits per heavy atom. The summed E-state index contributed by atoms with van der Waals surface area (Å²) in [6.07, 6.45) is 8.07. The van der Waals surface area contributed by atoms with Gasteiger partial charge >= 0.3 is 0 Å². The normalized spacial score (nSPS) is 16.0. The molecule has 0 amide bonds. The van der Waals surface area contributed by atoms with Crippen LogP contribution in [-0.4, -0.2) is 48.3 Å². The van der Waals surface area contributed by atoms with Crippen LogP contribution in [0.4, 0.5) is 5.95 Å². The molecule has 0 atom stereocenters. The van der Waals surface area contributed by atoms with E-state index in [1.807, 2.05) is 30.1 Å². The van der Waals surface area contributed by atoms with Gasteiger partial charge in [-0.1, -0.05) is 39.0 Å². The van der Waals surface area contributed by atoms with Crippen LogP contribution >= 0.6 is 0 Å². The molecule has 4 heterocycles. The topological polar surface area (TPSA) is 80.0 Å². The molecule has 7 nitrogen and oxygen atoms in total. The summed E-state index contributed by atoms with van der Waals surface area (Å²) in [5.41, 5.74) is 7.03. The Kier molecular flexibility index (Phi) is 6.29. The number of pyridine rings is 1. The van der Waals surface area contributed by atoms with Crippen molar-refractivity contribution in [2.75, 3.05) is 18.0 Å². The lowest BCUT2D eigenvalue weighted by atomic mass is 9.84. The third-order valence-corrected chi connectivity index (χ3v) is 7.46. The average molecular weight is 485 g/mol. The number of aliphatic hydroxyl groups is 1. The highest BCUT2D eigenvalue weighted by Gasteiger charge is 2.33. The van der Waals surface area contributed by atoms with Crippen molar-refractivity contribution in [1.82, 2.24) is 24.5 Å². The van der Waals surface area contributed by atoms with E-state index in [0.717, 1.165) is 28.8 Å². The number of fused-ring (bicyclic) bond motifs is 1. The maximum Gasteiger partial charge on any atom is 0.227 e. The van der Waals surface area contributed by atoms with Gasteiger partial charge in [0.25, 0.3) is 0 Å². The van der Waals surface area contributed by atoms with Crippen molar-refractivity contribution < 1.29 is 5.11 Å². The van der Waals surface area contributed by atoms with Crippen molar-refractivity contribution in [3.05, 3.63) is 77.0 Å². The maximum atomic E-state index is 11.2. The van der Waals surface area contributed by atoms with E-state index in [-0.39, 0.29) is 5.41 Å². The molecule has 1 aliphatic heterocycles. The zero-order chi connectivity index (χ0) is 25.5. The molecule has 4 aromatic rings. The predicted octanol–water partition coefficient (Wildman–Crippen LogP) is 4.53. The first-order valence-corrected chi connectivity index (χ1v) is 12.8. The van der Waals surface area contributed by atoms with Crippen LogP contribution in [0.25, 0.3) is 11.2 Å². The zero-order valence-corrected chi connectivity index (χ0v) is 22.0. The van der Waals surface area contributed by atoms with E-state index in [9.17, 15) is 5.11 Å². The van der Waals surface area contributed by atoms with Gasteiger partial charge in [-0.3, -0.25) is 4.98 Å². The molecule has 0 radical (unpaired) electrons. The van der Waals surface area contributed by atoms with Crippen LogP contribution in [0.1, 0.15) is 61.6 Å². The van der Waals surface area contributed by atoms with Crippen molar-refractivity contribution >= 4 is 17.1 Å². The smallest absolute Gasteiger partial charge is 0.227 e. The highest BCUT2D eigenvalue weighted by Crippen LogP contribution is 2.30. The lowest BCUT2D eigenvalue weighted by Gasteiger charge is -2.38. The SMILES string of the molecule is Cc1ccc(C(C)(C)C)cc1Cc1nc(N2CCC(O)(Cc3ccncc3)CC2)nc2ncn(C)c12. The largest absolute Gasteiger partial charge is 0.389 e. The van der Waals surface area contributed by atoms with Crippen LogP contribution < -0.4 is 4.90 Å².